The molecule has 4 nitrogen and oxygen atoms in total. The lowest BCUT2D eigenvalue weighted by atomic mass is 10.2. The minimum atomic E-state index is -0.622. The highest BCUT2D eigenvalue weighted by Crippen LogP contribution is 2.11. The Morgan fingerprint density at radius 2 is 2.33 bits per heavy atom. The first-order valence-electron chi connectivity index (χ1n) is 4.35. The molecule has 0 radical (unpaired) electrons. The van der Waals surface area contributed by atoms with Gasteiger partial charge in [0.15, 0.2) is 0 Å². The third-order valence-corrected chi connectivity index (χ3v) is 1.79. The van der Waals surface area contributed by atoms with Crippen molar-refractivity contribution >= 4 is 11.6 Å². The molecule has 0 aliphatic rings. The number of halogens is 1. The third kappa shape index (κ3) is 2.95. The van der Waals surface area contributed by atoms with Crippen LogP contribution in [0.1, 0.15) is 16.8 Å². The Kier molecular flexibility index (Phi) is 3.63. The summed E-state index contributed by atoms with van der Waals surface area (Å²) in [5.41, 5.74) is 5.46. The van der Waals surface area contributed by atoms with Crippen molar-refractivity contribution in [2.24, 2.45) is 0 Å². The summed E-state index contributed by atoms with van der Waals surface area (Å²) in [6, 6.07) is 5.71. The third-order valence-electron chi connectivity index (χ3n) is 1.79. The summed E-state index contributed by atoms with van der Waals surface area (Å²) in [6.07, 6.45) is 0.225. The number of nitrogen functional groups attached to an aromatic ring is 1. The molecular weight excluding hydrogens is 197 g/mol. The highest BCUT2D eigenvalue weighted by atomic mass is 19.1. The Morgan fingerprint density at radius 3 is 2.93 bits per heavy atom. The lowest BCUT2D eigenvalue weighted by Gasteiger charge is -2.03. The number of anilines is 1. The van der Waals surface area contributed by atoms with Crippen LogP contribution in [-0.4, -0.2) is 12.5 Å². The fraction of sp³-hybridized carbons (Fsp3) is 0.200. The molecule has 0 heterocycles. The van der Waals surface area contributed by atoms with Gasteiger partial charge in [0.1, 0.15) is 5.82 Å². The van der Waals surface area contributed by atoms with E-state index in [0.717, 1.165) is 6.07 Å². The summed E-state index contributed by atoms with van der Waals surface area (Å²) in [6.45, 7) is 0.251. The van der Waals surface area contributed by atoms with E-state index in [-0.39, 0.29) is 24.2 Å². The van der Waals surface area contributed by atoms with Gasteiger partial charge in [-0.3, -0.25) is 4.79 Å². The minimum absolute atomic E-state index is 0.00331. The van der Waals surface area contributed by atoms with Crippen molar-refractivity contribution in [3.8, 4) is 6.07 Å². The van der Waals surface area contributed by atoms with E-state index >= 15 is 0 Å². The molecule has 0 aliphatic carbocycles. The van der Waals surface area contributed by atoms with Crippen LogP contribution in [0.25, 0.3) is 0 Å². The van der Waals surface area contributed by atoms with Crippen molar-refractivity contribution in [2.45, 2.75) is 6.42 Å². The molecule has 15 heavy (non-hydrogen) atoms. The van der Waals surface area contributed by atoms with Crippen LogP contribution >= 0.6 is 0 Å². The van der Waals surface area contributed by atoms with Crippen molar-refractivity contribution in [2.75, 3.05) is 12.3 Å². The van der Waals surface area contributed by atoms with E-state index < -0.39 is 11.7 Å². The maximum atomic E-state index is 13.0. The van der Waals surface area contributed by atoms with Gasteiger partial charge in [0, 0.05) is 12.1 Å². The van der Waals surface area contributed by atoms with Crippen LogP contribution in [0.2, 0.25) is 0 Å². The van der Waals surface area contributed by atoms with E-state index in [4.69, 9.17) is 11.0 Å². The lowest BCUT2D eigenvalue weighted by Crippen LogP contribution is -2.24. The fourth-order valence-electron chi connectivity index (χ4n) is 1.00. The number of hydrogen-bond donors (Lipinski definition) is 2. The maximum Gasteiger partial charge on any atom is 0.251 e. The first kappa shape index (κ1) is 11.0. The molecule has 1 aromatic carbocycles. The van der Waals surface area contributed by atoms with Crippen molar-refractivity contribution in [3.05, 3.63) is 29.6 Å². The summed E-state index contributed by atoms with van der Waals surface area (Å²) in [5, 5.41) is 10.7. The van der Waals surface area contributed by atoms with Gasteiger partial charge in [-0.1, -0.05) is 0 Å². The number of nitrogens with zero attached hydrogens (tertiary/aromatic N) is 1. The predicted octanol–water partition coefficient (Wildman–Crippen LogP) is 1.05. The maximum absolute atomic E-state index is 13.0. The van der Waals surface area contributed by atoms with Gasteiger partial charge in [-0.25, -0.2) is 4.39 Å². The van der Waals surface area contributed by atoms with E-state index in [2.05, 4.69) is 5.32 Å². The lowest BCUT2D eigenvalue weighted by molar-refractivity contribution is 0.0954. The second-order valence-electron chi connectivity index (χ2n) is 2.90. The second-order valence-corrected chi connectivity index (χ2v) is 2.90. The normalized spacial score (nSPS) is 9.33. The van der Waals surface area contributed by atoms with Gasteiger partial charge < -0.3 is 11.1 Å². The zero-order chi connectivity index (χ0) is 11.3. The predicted molar refractivity (Wildman–Crippen MR) is 53.4 cm³/mol. The Bertz CT molecular complexity index is 412. The molecule has 0 saturated carbocycles. The molecule has 0 aliphatic heterocycles. The number of carbonyl (C=O) groups is 1. The first-order valence-corrected chi connectivity index (χ1v) is 4.35. The SMILES string of the molecule is N#CCCNC(=O)c1ccc(N)c(F)c1. The smallest absolute Gasteiger partial charge is 0.251 e. The fourth-order valence-corrected chi connectivity index (χ4v) is 1.00. The summed E-state index contributed by atoms with van der Waals surface area (Å²) in [4.78, 5) is 11.4. The molecule has 78 valence electrons. The molecular formula is C10H10FN3O. The van der Waals surface area contributed by atoms with E-state index in [1.807, 2.05) is 6.07 Å². The van der Waals surface area contributed by atoms with Crippen LogP contribution in [0.15, 0.2) is 18.2 Å². The van der Waals surface area contributed by atoms with Crippen molar-refractivity contribution < 1.29 is 9.18 Å². The van der Waals surface area contributed by atoms with Crippen molar-refractivity contribution in [1.82, 2.24) is 5.32 Å². The summed E-state index contributed by atoms with van der Waals surface area (Å²) < 4.78 is 13.0. The molecule has 1 rings (SSSR count). The number of hydrogen-bond acceptors (Lipinski definition) is 3. The Labute approximate surface area is 86.5 Å². The van der Waals surface area contributed by atoms with Gasteiger partial charge in [0.2, 0.25) is 0 Å². The first-order chi connectivity index (χ1) is 7.15. The van der Waals surface area contributed by atoms with Gasteiger partial charge in [0.05, 0.1) is 18.2 Å². The van der Waals surface area contributed by atoms with E-state index in [1.54, 1.807) is 0 Å². The number of amides is 1. The molecule has 0 saturated heterocycles. The molecule has 5 heteroatoms. The monoisotopic (exact) mass is 207 g/mol. The van der Waals surface area contributed by atoms with E-state index in [9.17, 15) is 9.18 Å². The van der Waals surface area contributed by atoms with Crippen LogP contribution in [0, 0.1) is 17.1 Å². The van der Waals surface area contributed by atoms with Crippen molar-refractivity contribution in [3.63, 3.8) is 0 Å². The molecule has 0 aromatic heterocycles. The molecule has 0 spiro atoms. The standard InChI is InChI=1S/C10H10FN3O/c11-8-6-7(2-3-9(8)13)10(15)14-5-1-4-12/h2-3,6H,1,5,13H2,(H,14,15). The highest BCUT2D eigenvalue weighted by molar-refractivity contribution is 5.94. The van der Waals surface area contributed by atoms with Gasteiger partial charge >= 0.3 is 0 Å². The Hall–Kier alpha value is -2.09. The number of nitrogens with two attached hydrogens (primary N) is 1. The van der Waals surface area contributed by atoms with Gasteiger partial charge in [-0.05, 0) is 18.2 Å². The molecule has 0 atom stereocenters. The number of carbonyl (C=O) groups excluding carboxylic acids is 1. The van der Waals surface area contributed by atoms with Crippen LogP contribution in [0.4, 0.5) is 10.1 Å². The van der Waals surface area contributed by atoms with E-state index in [1.165, 1.54) is 12.1 Å². The molecule has 0 bridgehead atoms. The number of nitrogens with one attached hydrogen (secondary N) is 1. The average Bonchev–Trinajstić information content (AvgIpc) is 2.22. The van der Waals surface area contributed by atoms with Gasteiger partial charge in [0.25, 0.3) is 5.91 Å². The number of benzene rings is 1. The molecule has 1 aromatic rings. The summed E-state index contributed by atoms with van der Waals surface area (Å²) in [7, 11) is 0. The zero-order valence-corrected chi connectivity index (χ0v) is 7.96. The molecule has 3 N–H and O–H groups in total. The quantitative estimate of drug-likeness (QED) is 0.574. The van der Waals surface area contributed by atoms with Crippen LogP contribution in [-0.2, 0) is 0 Å². The van der Waals surface area contributed by atoms with E-state index in [0.29, 0.717) is 0 Å². The van der Waals surface area contributed by atoms with Crippen LogP contribution < -0.4 is 11.1 Å². The highest BCUT2D eigenvalue weighted by Gasteiger charge is 2.07. The molecule has 0 unspecified atom stereocenters. The Balaban J connectivity index is 2.67. The average molecular weight is 207 g/mol. The van der Waals surface area contributed by atoms with Gasteiger partial charge in [-0.2, -0.15) is 5.26 Å². The summed E-state index contributed by atoms with van der Waals surface area (Å²) >= 11 is 0. The Morgan fingerprint density at radius 1 is 1.60 bits per heavy atom. The molecule has 1 amide bonds. The largest absolute Gasteiger partial charge is 0.396 e. The zero-order valence-electron chi connectivity index (χ0n) is 7.96. The number of nitriles is 1. The number of rotatable bonds is 3. The minimum Gasteiger partial charge on any atom is -0.396 e. The summed E-state index contributed by atoms with van der Waals surface area (Å²) in [5.74, 6) is -1.04. The second kappa shape index (κ2) is 4.96. The molecule has 0 fully saturated rings. The van der Waals surface area contributed by atoms with Gasteiger partial charge in [-0.15, -0.1) is 0 Å². The van der Waals surface area contributed by atoms with Crippen LogP contribution in [0.5, 0.6) is 0 Å². The topological polar surface area (TPSA) is 78.9 Å². The van der Waals surface area contributed by atoms with Crippen molar-refractivity contribution in [1.29, 1.82) is 5.26 Å². The van der Waals surface area contributed by atoms with Crippen LogP contribution in [0.3, 0.4) is 0 Å².